The molecule has 0 atom stereocenters. The van der Waals surface area contributed by atoms with Crippen LogP contribution in [0.2, 0.25) is 0 Å². The van der Waals surface area contributed by atoms with Gasteiger partial charge in [0.15, 0.2) is 5.69 Å². The van der Waals surface area contributed by atoms with Crippen molar-refractivity contribution in [1.29, 1.82) is 0 Å². The van der Waals surface area contributed by atoms with Crippen LogP contribution in [-0.4, -0.2) is 36.5 Å². The van der Waals surface area contributed by atoms with E-state index in [0.717, 1.165) is 11.3 Å². The van der Waals surface area contributed by atoms with Crippen molar-refractivity contribution < 1.29 is 19.8 Å². The Labute approximate surface area is 108 Å². The summed E-state index contributed by atoms with van der Waals surface area (Å²) in [5.41, 5.74) is 2.17. The van der Waals surface area contributed by atoms with Gasteiger partial charge in [-0.3, -0.25) is 9.20 Å². The number of aliphatic carboxylic acids is 1. The Hall–Kier alpha value is -2.44. The molecule has 7 nitrogen and oxygen atoms in total. The van der Waals surface area contributed by atoms with E-state index in [0.29, 0.717) is 17.9 Å². The fourth-order valence-electron chi connectivity index (χ4n) is 2.02. The molecule has 0 aliphatic rings. The summed E-state index contributed by atoms with van der Waals surface area (Å²) in [4.78, 5) is 29.6. The maximum absolute atomic E-state index is 10.9. The number of aromatic nitrogens is 3. The molecule has 0 fully saturated rings. The van der Waals surface area contributed by atoms with E-state index in [1.165, 1.54) is 6.20 Å². The summed E-state index contributed by atoms with van der Waals surface area (Å²) in [6, 6.07) is 0. The van der Waals surface area contributed by atoms with Gasteiger partial charge in [-0.25, -0.2) is 14.8 Å². The van der Waals surface area contributed by atoms with Gasteiger partial charge in [-0.15, -0.1) is 0 Å². The van der Waals surface area contributed by atoms with Gasteiger partial charge in [-0.2, -0.15) is 0 Å². The molecule has 0 aromatic carbocycles. The first-order valence-electron chi connectivity index (χ1n) is 5.70. The fourth-order valence-corrected chi connectivity index (χ4v) is 2.02. The zero-order valence-corrected chi connectivity index (χ0v) is 10.5. The van der Waals surface area contributed by atoms with Gasteiger partial charge in [0.05, 0.1) is 0 Å². The quantitative estimate of drug-likeness (QED) is 0.854. The van der Waals surface area contributed by atoms with Crippen LogP contribution in [0, 0.1) is 13.8 Å². The lowest BCUT2D eigenvalue weighted by Gasteiger charge is -2.09. The number of fused-ring (bicyclic) bond motifs is 1. The Kier molecular flexibility index (Phi) is 3.20. The summed E-state index contributed by atoms with van der Waals surface area (Å²) in [6.45, 7) is 3.56. The molecule has 0 aliphatic heterocycles. The predicted octanol–water partition coefficient (Wildman–Crippen LogP) is 1.06. The van der Waals surface area contributed by atoms with Crippen LogP contribution >= 0.6 is 0 Å². The zero-order valence-electron chi connectivity index (χ0n) is 10.5. The fraction of sp³-hybridized carbons (Fsp3) is 0.333. The van der Waals surface area contributed by atoms with E-state index in [1.54, 1.807) is 18.2 Å². The molecule has 0 aliphatic carbocycles. The SMILES string of the molecule is Cc1nc2nc(C(=O)O)cn2c(C)c1CCC(=O)O. The molecule has 19 heavy (non-hydrogen) atoms. The van der Waals surface area contributed by atoms with Gasteiger partial charge in [0.2, 0.25) is 5.78 Å². The monoisotopic (exact) mass is 263 g/mol. The predicted molar refractivity (Wildman–Crippen MR) is 65.4 cm³/mol. The highest BCUT2D eigenvalue weighted by Gasteiger charge is 2.15. The number of carbonyl (C=O) groups is 2. The topological polar surface area (TPSA) is 105 Å². The molecule has 7 heteroatoms. The highest BCUT2D eigenvalue weighted by atomic mass is 16.4. The van der Waals surface area contributed by atoms with Crippen molar-refractivity contribution in [3.05, 3.63) is 28.8 Å². The second-order valence-electron chi connectivity index (χ2n) is 4.26. The lowest BCUT2D eigenvalue weighted by molar-refractivity contribution is -0.136. The minimum absolute atomic E-state index is 0.00928. The molecule has 2 rings (SSSR count). The van der Waals surface area contributed by atoms with Crippen LogP contribution in [0.4, 0.5) is 0 Å². The van der Waals surface area contributed by atoms with E-state index in [4.69, 9.17) is 10.2 Å². The number of hydrogen-bond acceptors (Lipinski definition) is 4. The summed E-state index contributed by atoms with van der Waals surface area (Å²) < 4.78 is 1.58. The van der Waals surface area contributed by atoms with Crippen molar-refractivity contribution >= 4 is 17.7 Å². The second-order valence-corrected chi connectivity index (χ2v) is 4.26. The first kappa shape index (κ1) is 13.0. The molecule has 0 saturated carbocycles. The number of nitrogens with zero attached hydrogens (tertiary/aromatic N) is 3. The van der Waals surface area contributed by atoms with E-state index in [2.05, 4.69) is 9.97 Å². The number of aromatic carboxylic acids is 1. The molecule has 0 saturated heterocycles. The number of imidazole rings is 1. The number of aryl methyl sites for hydroxylation is 2. The molecule has 2 N–H and O–H groups in total. The van der Waals surface area contributed by atoms with E-state index in [-0.39, 0.29) is 12.1 Å². The second kappa shape index (κ2) is 4.68. The average Bonchev–Trinajstić information content (AvgIpc) is 2.72. The van der Waals surface area contributed by atoms with Crippen molar-refractivity contribution in [2.24, 2.45) is 0 Å². The average molecular weight is 263 g/mol. The summed E-state index contributed by atoms with van der Waals surface area (Å²) in [5.74, 6) is -1.68. The molecule has 0 unspecified atom stereocenters. The molecular weight excluding hydrogens is 250 g/mol. The molecule has 2 heterocycles. The third-order valence-corrected chi connectivity index (χ3v) is 3.00. The third-order valence-electron chi connectivity index (χ3n) is 3.00. The van der Waals surface area contributed by atoms with E-state index >= 15 is 0 Å². The van der Waals surface area contributed by atoms with Gasteiger partial charge >= 0.3 is 11.9 Å². The molecule has 2 aromatic heterocycles. The normalized spacial score (nSPS) is 10.8. The van der Waals surface area contributed by atoms with Crippen molar-refractivity contribution in [1.82, 2.24) is 14.4 Å². The highest BCUT2D eigenvalue weighted by Crippen LogP contribution is 2.17. The smallest absolute Gasteiger partial charge is 0.356 e. The minimum atomic E-state index is -1.12. The number of rotatable bonds is 4. The summed E-state index contributed by atoms with van der Waals surface area (Å²) in [5, 5.41) is 17.6. The maximum Gasteiger partial charge on any atom is 0.356 e. The Balaban J connectivity index is 2.53. The highest BCUT2D eigenvalue weighted by molar-refractivity contribution is 5.85. The summed E-state index contributed by atoms with van der Waals surface area (Å²) >= 11 is 0. The summed E-state index contributed by atoms with van der Waals surface area (Å²) in [6.07, 6.45) is 1.76. The standard InChI is InChI=1S/C12H13N3O4/c1-6-8(3-4-10(16)17)7(2)15-5-9(11(18)19)14-12(15)13-6/h5H,3-4H2,1-2H3,(H,16,17)(H,18,19). The molecular formula is C12H13N3O4. The molecule has 100 valence electrons. The van der Waals surface area contributed by atoms with Crippen LogP contribution in [-0.2, 0) is 11.2 Å². The molecule has 0 amide bonds. The lowest BCUT2D eigenvalue weighted by Crippen LogP contribution is -2.06. The Morgan fingerprint density at radius 2 is 1.95 bits per heavy atom. The Bertz CT molecular complexity index is 675. The van der Waals surface area contributed by atoms with Gasteiger partial charge in [0.25, 0.3) is 0 Å². The van der Waals surface area contributed by atoms with Crippen LogP contribution < -0.4 is 0 Å². The summed E-state index contributed by atoms with van der Waals surface area (Å²) in [7, 11) is 0. The van der Waals surface area contributed by atoms with Gasteiger partial charge in [0.1, 0.15) is 0 Å². The minimum Gasteiger partial charge on any atom is -0.481 e. The van der Waals surface area contributed by atoms with Gasteiger partial charge in [-0.05, 0) is 25.8 Å². The van der Waals surface area contributed by atoms with Crippen LogP contribution in [0.15, 0.2) is 6.20 Å². The van der Waals surface area contributed by atoms with E-state index in [1.807, 2.05) is 0 Å². The van der Waals surface area contributed by atoms with E-state index in [9.17, 15) is 9.59 Å². The van der Waals surface area contributed by atoms with Crippen molar-refractivity contribution in [3.63, 3.8) is 0 Å². The largest absolute Gasteiger partial charge is 0.481 e. The van der Waals surface area contributed by atoms with Crippen LogP contribution in [0.3, 0.4) is 0 Å². The first-order chi connectivity index (χ1) is 8.90. The van der Waals surface area contributed by atoms with Crippen molar-refractivity contribution in [2.45, 2.75) is 26.7 Å². The van der Waals surface area contributed by atoms with Crippen molar-refractivity contribution in [3.8, 4) is 0 Å². The van der Waals surface area contributed by atoms with Gasteiger partial charge in [0, 0.05) is 24.0 Å². The molecule has 0 spiro atoms. The molecule has 0 bridgehead atoms. The van der Waals surface area contributed by atoms with Crippen LogP contribution in [0.5, 0.6) is 0 Å². The van der Waals surface area contributed by atoms with E-state index < -0.39 is 11.9 Å². The Morgan fingerprint density at radius 3 is 2.53 bits per heavy atom. The zero-order chi connectivity index (χ0) is 14.2. The molecule has 0 radical (unpaired) electrons. The number of carboxylic acid groups (broad SMARTS) is 2. The third kappa shape index (κ3) is 2.40. The lowest BCUT2D eigenvalue weighted by atomic mass is 10.1. The number of hydrogen-bond donors (Lipinski definition) is 2. The first-order valence-corrected chi connectivity index (χ1v) is 5.70. The van der Waals surface area contributed by atoms with Gasteiger partial charge in [-0.1, -0.05) is 0 Å². The number of carboxylic acids is 2. The van der Waals surface area contributed by atoms with Gasteiger partial charge < -0.3 is 10.2 Å². The van der Waals surface area contributed by atoms with Crippen LogP contribution in [0.25, 0.3) is 5.78 Å². The van der Waals surface area contributed by atoms with Crippen LogP contribution in [0.1, 0.15) is 33.9 Å². The Morgan fingerprint density at radius 1 is 1.26 bits per heavy atom. The van der Waals surface area contributed by atoms with Crippen molar-refractivity contribution in [2.75, 3.05) is 0 Å². The maximum atomic E-state index is 10.9. The molecule has 2 aromatic rings.